The molecule has 51 heavy (non-hydrogen) atoms. The molecule has 0 fully saturated rings. The van der Waals surface area contributed by atoms with Crippen molar-refractivity contribution in [1.82, 2.24) is 0 Å². The number of aryl methyl sites for hydroxylation is 3. The maximum atomic E-state index is 14.2. The van der Waals surface area contributed by atoms with Crippen LogP contribution in [0.25, 0.3) is 0 Å². The molecule has 8 heteroatoms. The van der Waals surface area contributed by atoms with E-state index in [1.165, 1.54) is 14.2 Å². The van der Waals surface area contributed by atoms with Crippen molar-refractivity contribution in [3.05, 3.63) is 179 Å². The lowest BCUT2D eigenvalue weighted by molar-refractivity contribution is 0.106. The van der Waals surface area contributed by atoms with Crippen LogP contribution in [-0.4, -0.2) is 25.3 Å². The van der Waals surface area contributed by atoms with Gasteiger partial charge in [-0.05, 0) is 44.0 Å². The van der Waals surface area contributed by atoms with Crippen LogP contribution in [0.5, 0.6) is 11.5 Å². The number of ether oxygens (including phenoxy) is 2. The Morgan fingerprint density at radius 3 is 1.02 bits per heavy atom. The van der Waals surface area contributed by atoms with Gasteiger partial charge in [0, 0.05) is 26.8 Å². The number of hydrogen-bond donors (Lipinski definition) is 0. The number of carbonyl (C=O) groups is 2. The fourth-order valence-corrected chi connectivity index (χ4v) is 11.3. The Morgan fingerprint density at radius 2 is 0.725 bits per heavy atom. The van der Waals surface area contributed by atoms with E-state index in [1.54, 1.807) is 91.0 Å². The minimum Gasteiger partial charge on any atom is -0.496 e. The van der Waals surface area contributed by atoms with E-state index in [1.807, 2.05) is 81.4 Å². The fourth-order valence-electron chi connectivity index (χ4n) is 6.21. The summed E-state index contributed by atoms with van der Waals surface area (Å²) in [5.74, 6) is 0.669. The molecular formula is C43H40O6P2. The Bertz CT molecular complexity index is 2100. The second-order valence-electron chi connectivity index (χ2n) is 12.0. The Hall–Kier alpha value is -5.28. The fraction of sp³-hybridized carbons (Fsp3) is 0.116. The van der Waals surface area contributed by atoms with E-state index in [-0.39, 0.29) is 11.1 Å². The molecule has 258 valence electrons. The number of rotatable bonds is 10. The Kier molecular flexibility index (Phi) is 11.7. The standard InChI is InChI=1S/C22H21O2P.C21H19O4P/c1-16-14-17(2)21(18(3)15-16)22(23)25(24,19-10-6-4-7-11-19)20-12-8-5-9-13-20;1-24-18-14-9-15-19(25-2)20(18)21(22)26(23,16-10-5-3-6-11-16)17-12-7-4-8-13-17/h4-15H,1-3H3;3-15H,1-2H3. The van der Waals surface area contributed by atoms with Gasteiger partial charge in [-0.2, -0.15) is 0 Å². The summed E-state index contributed by atoms with van der Waals surface area (Å²) in [6, 6.07) is 44.8. The first kappa shape index (κ1) is 37.0. The van der Waals surface area contributed by atoms with Gasteiger partial charge in [0.15, 0.2) is 0 Å². The first-order valence-electron chi connectivity index (χ1n) is 16.4. The molecule has 0 bridgehead atoms. The lowest BCUT2D eigenvalue weighted by Gasteiger charge is -2.20. The third-order valence-corrected chi connectivity index (χ3v) is 14.3. The van der Waals surface area contributed by atoms with Gasteiger partial charge < -0.3 is 18.6 Å². The van der Waals surface area contributed by atoms with E-state index in [2.05, 4.69) is 0 Å². The largest absolute Gasteiger partial charge is 0.496 e. The van der Waals surface area contributed by atoms with Crippen LogP contribution in [0.2, 0.25) is 0 Å². The lowest BCUT2D eigenvalue weighted by atomic mass is 10.0. The first-order chi connectivity index (χ1) is 24.6. The highest BCUT2D eigenvalue weighted by atomic mass is 31.2. The molecule has 0 spiro atoms. The summed E-state index contributed by atoms with van der Waals surface area (Å²) in [7, 11) is -4.11. The maximum absolute atomic E-state index is 14.2. The molecule has 6 aromatic carbocycles. The first-order valence-corrected chi connectivity index (χ1v) is 19.8. The normalized spacial score (nSPS) is 11.2. The second-order valence-corrected chi connectivity index (χ2v) is 17.3. The van der Waals surface area contributed by atoms with Crippen LogP contribution in [0, 0.1) is 20.8 Å². The van der Waals surface area contributed by atoms with Gasteiger partial charge in [-0.1, -0.05) is 145 Å². The van der Waals surface area contributed by atoms with Gasteiger partial charge in [0.1, 0.15) is 17.1 Å². The molecular weight excluding hydrogens is 674 g/mol. The van der Waals surface area contributed by atoms with Crippen molar-refractivity contribution in [3.8, 4) is 11.5 Å². The molecule has 0 aliphatic heterocycles. The molecule has 0 saturated carbocycles. The predicted molar refractivity (Wildman–Crippen MR) is 208 cm³/mol. The monoisotopic (exact) mass is 714 g/mol. The predicted octanol–water partition coefficient (Wildman–Crippen LogP) is 8.62. The van der Waals surface area contributed by atoms with E-state index in [9.17, 15) is 18.7 Å². The Labute approximate surface area is 299 Å². The highest BCUT2D eigenvalue weighted by molar-refractivity contribution is 7.94. The van der Waals surface area contributed by atoms with Gasteiger partial charge in [0.2, 0.25) is 25.3 Å². The molecule has 0 heterocycles. The van der Waals surface area contributed by atoms with Crippen molar-refractivity contribution in [2.24, 2.45) is 0 Å². The maximum Gasteiger partial charge on any atom is 0.237 e. The second kappa shape index (κ2) is 16.2. The van der Waals surface area contributed by atoms with Gasteiger partial charge >= 0.3 is 0 Å². The molecule has 0 aromatic heterocycles. The summed E-state index contributed by atoms with van der Waals surface area (Å²) >= 11 is 0. The summed E-state index contributed by atoms with van der Waals surface area (Å²) in [4.78, 5) is 27.2. The zero-order valence-electron chi connectivity index (χ0n) is 29.3. The van der Waals surface area contributed by atoms with Gasteiger partial charge in [-0.3, -0.25) is 9.59 Å². The van der Waals surface area contributed by atoms with Crippen molar-refractivity contribution in [1.29, 1.82) is 0 Å². The number of hydrogen-bond acceptors (Lipinski definition) is 6. The highest BCUT2D eigenvalue weighted by Gasteiger charge is 2.40. The van der Waals surface area contributed by atoms with Crippen molar-refractivity contribution in [2.45, 2.75) is 20.8 Å². The summed E-state index contributed by atoms with van der Waals surface area (Å²) in [6.07, 6.45) is 0. The van der Waals surface area contributed by atoms with E-state index >= 15 is 0 Å². The zero-order chi connectivity index (χ0) is 36.6. The van der Waals surface area contributed by atoms with E-state index in [4.69, 9.17) is 9.47 Å². The van der Waals surface area contributed by atoms with Crippen molar-refractivity contribution >= 4 is 46.6 Å². The number of methoxy groups -OCH3 is 2. The number of benzene rings is 6. The van der Waals surface area contributed by atoms with Gasteiger partial charge in [0.05, 0.1) is 14.2 Å². The lowest BCUT2D eigenvalue weighted by Crippen LogP contribution is -2.23. The zero-order valence-corrected chi connectivity index (χ0v) is 31.1. The Balaban J connectivity index is 0.000000198. The molecule has 6 aromatic rings. The molecule has 0 N–H and O–H groups in total. The Morgan fingerprint density at radius 1 is 0.431 bits per heavy atom. The minimum atomic E-state index is -3.62. The van der Waals surface area contributed by atoms with Gasteiger partial charge in [-0.15, -0.1) is 0 Å². The van der Waals surface area contributed by atoms with E-state index in [0.29, 0.717) is 38.3 Å². The van der Waals surface area contributed by atoms with Crippen LogP contribution in [0.3, 0.4) is 0 Å². The molecule has 0 atom stereocenters. The van der Waals surface area contributed by atoms with Crippen LogP contribution in [0.1, 0.15) is 37.4 Å². The number of carbonyl (C=O) groups excluding carboxylic acids is 2. The summed E-state index contributed by atoms with van der Waals surface area (Å²) in [5.41, 5.74) is 2.80. The molecule has 6 nitrogen and oxygen atoms in total. The molecule has 0 amide bonds. The smallest absolute Gasteiger partial charge is 0.237 e. The molecule has 0 aliphatic carbocycles. The molecule has 0 aliphatic rings. The SMILES string of the molecule is COc1cccc(OC)c1C(=O)P(=O)(c1ccccc1)c1ccccc1.Cc1cc(C)c(C(=O)P(=O)(c2ccccc2)c2ccccc2)c(C)c1. The van der Waals surface area contributed by atoms with Crippen molar-refractivity contribution in [2.75, 3.05) is 14.2 Å². The third-order valence-electron chi connectivity index (χ3n) is 8.58. The topological polar surface area (TPSA) is 86.7 Å². The average Bonchev–Trinajstić information content (AvgIpc) is 3.17. The van der Waals surface area contributed by atoms with Crippen LogP contribution < -0.4 is 30.7 Å². The van der Waals surface area contributed by atoms with Gasteiger partial charge in [0.25, 0.3) is 0 Å². The molecule has 6 rings (SSSR count). The van der Waals surface area contributed by atoms with Crippen LogP contribution in [0.15, 0.2) is 152 Å². The average molecular weight is 715 g/mol. The van der Waals surface area contributed by atoms with Crippen LogP contribution in [0.4, 0.5) is 0 Å². The quantitative estimate of drug-likeness (QED) is 0.132. The third kappa shape index (κ3) is 7.44. The summed E-state index contributed by atoms with van der Waals surface area (Å²) < 4.78 is 39.1. The van der Waals surface area contributed by atoms with Crippen molar-refractivity contribution < 1.29 is 28.2 Å². The summed E-state index contributed by atoms with van der Waals surface area (Å²) in [5, 5.41) is 2.10. The molecule has 0 saturated heterocycles. The summed E-state index contributed by atoms with van der Waals surface area (Å²) in [6.45, 7) is 5.82. The van der Waals surface area contributed by atoms with Crippen LogP contribution in [-0.2, 0) is 9.13 Å². The van der Waals surface area contributed by atoms with Gasteiger partial charge in [-0.25, -0.2) is 0 Å². The van der Waals surface area contributed by atoms with Crippen LogP contribution >= 0.6 is 14.3 Å². The minimum absolute atomic E-state index is 0.188. The highest BCUT2D eigenvalue weighted by Crippen LogP contribution is 2.50. The molecule has 0 unspecified atom stereocenters. The van der Waals surface area contributed by atoms with E-state index in [0.717, 1.165) is 16.7 Å². The van der Waals surface area contributed by atoms with E-state index < -0.39 is 19.8 Å². The molecule has 0 radical (unpaired) electrons. The van der Waals surface area contributed by atoms with Crippen molar-refractivity contribution in [3.63, 3.8) is 0 Å².